The van der Waals surface area contributed by atoms with Crippen molar-refractivity contribution in [1.29, 1.82) is 0 Å². The predicted octanol–water partition coefficient (Wildman–Crippen LogP) is 2.61. The number of hydrogen-bond acceptors (Lipinski definition) is 2. The van der Waals surface area contributed by atoms with Crippen LogP contribution in [0.2, 0.25) is 0 Å². The summed E-state index contributed by atoms with van der Waals surface area (Å²) in [5.74, 6) is 0.467. The topological polar surface area (TPSA) is 67.7 Å². The number of nitrogens with zero attached hydrogens (tertiary/aromatic N) is 3. The SMILES string of the molecule is CCC(C)NC(N)=NCc1cn2cc(Br)cc(C)c2n1. The van der Waals surface area contributed by atoms with Gasteiger partial charge in [0.1, 0.15) is 5.65 Å². The summed E-state index contributed by atoms with van der Waals surface area (Å²) in [4.78, 5) is 8.90. The molecule has 0 aromatic carbocycles. The van der Waals surface area contributed by atoms with Crippen LogP contribution in [0.15, 0.2) is 27.9 Å². The van der Waals surface area contributed by atoms with Crippen LogP contribution in [0.5, 0.6) is 0 Å². The molecule has 0 bridgehead atoms. The molecule has 0 radical (unpaired) electrons. The molecule has 6 heteroatoms. The summed E-state index contributed by atoms with van der Waals surface area (Å²) < 4.78 is 3.04. The van der Waals surface area contributed by atoms with E-state index in [0.717, 1.165) is 27.8 Å². The van der Waals surface area contributed by atoms with Gasteiger partial charge >= 0.3 is 0 Å². The Morgan fingerprint density at radius 1 is 1.55 bits per heavy atom. The third-order valence-electron chi connectivity index (χ3n) is 3.17. The summed E-state index contributed by atoms with van der Waals surface area (Å²) in [6.07, 6.45) is 4.98. The molecule has 2 heterocycles. The average Bonchev–Trinajstić information content (AvgIpc) is 2.79. The van der Waals surface area contributed by atoms with E-state index in [9.17, 15) is 0 Å². The lowest BCUT2D eigenvalue weighted by Crippen LogP contribution is -2.38. The molecule has 2 rings (SSSR count). The molecule has 1 unspecified atom stereocenters. The van der Waals surface area contributed by atoms with Gasteiger partial charge in [-0.25, -0.2) is 9.98 Å². The minimum Gasteiger partial charge on any atom is -0.370 e. The normalized spacial score (nSPS) is 13.7. The molecule has 0 fully saturated rings. The Morgan fingerprint density at radius 2 is 2.30 bits per heavy atom. The molecule has 2 aromatic heterocycles. The van der Waals surface area contributed by atoms with E-state index >= 15 is 0 Å². The number of nitrogens with two attached hydrogens (primary N) is 1. The van der Waals surface area contributed by atoms with Crippen LogP contribution in [0.25, 0.3) is 5.65 Å². The third kappa shape index (κ3) is 3.50. The summed E-state index contributed by atoms with van der Waals surface area (Å²) in [7, 11) is 0. The number of aromatic nitrogens is 2. The molecule has 0 amide bonds. The minimum atomic E-state index is 0.331. The van der Waals surface area contributed by atoms with Gasteiger partial charge in [0, 0.05) is 22.9 Å². The zero-order valence-corrected chi connectivity index (χ0v) is 13.6. The summed E-state index contributed by atoms with van der Waals surface area (Å²) in [6.45, 7) is 6.70. The zero-order valence-electron chi connectivity index (χ0n) is 12.0. The van der Waals surface area contributed by atoms with Gasteiger partial charge < -0.3 is 15.5 Å². The second kappa shape index (κ2) is 6.26. The van der Waals surface area contributed by atoms with Crippen molar-refractivity contribution in [3.05, 3.63) is 34.2 Å². The number of guanidine groups is 1. The van der Waals surface area contributed by atoms with E-state index < -0.39 is 0 Å². The van der Waals surface area contributed by atoms with Crippen molar-refractivity contribution in [2.75, 3.05) is 0 Å². The Hall–Kier alpha value is -1.56. The quantitative estimate of drug-likeness (QED) is 0.665. The smallest absolute Gasteiger partial charge is 0.189 e. The molecule has 0 saturated carbocycles. The fraction of sp³-hybridized carbons (Fsp3) is 0.429. The molecule has 3 N–H and O–H groups in total. The molecule has 5 nitrogen and oxygen atoms in total. The van der Waals surface area contributed by atoms with Crippen molar-refractivity contribution in [3.63, 3.8) is 0 Å². The molecule has 0 aliphatic heterocycles. The number of imidazole rings is 1. The Balaban J connectivity index is 2.14. The van der Waals surface area contributed by atoms with E-state index in [-0.39, 0.29) is 0 Å². The van der Waals surface area contributed by atoms with Crippen molar-refractivity contribution in [1.82, 2.24) is 14.7 Å². The van der Waals surface area contributed by atoms with Gasteiger partial charge in [-0.3, -0.25) is 0 Å². The second-order valence-electron chi connectivity index (χ2n) is 4.96. The summed E-state index contributed by atoms with van der Waals surface area (Å²) in [6, 6.07) is 2.38. The minimum absolute atomic E-state index is 0.331. The lowest BCUT2D eigenvalue weighted by molar-refractivity contribution is 0.636. The lowest BCUT2D eigenvalue weighted by atomic mass is 10.3. The first-order valence-electron chi connectivity index (χ1n) is 6.69. The molecule has 0 spiro atoms. The highest BCUT2D eigenvalue weighted by atomic mass is 79.9. The molecule has 20 heavy (non-hydrogen) atoms. The highest BCUT2D eigenvalue weighted by molar-refractivity contribution is 9.10. The second-order valence-corrected chi connectivity index (χ2v) is 5.88. The fourth-order valence-electron chi connectivity index (χ4n) is 1.92. The van der Waals surface area contributed by atoms with Gasteiger partial charge in [-0.15, -0.1) is 0 Å². The number of aryl methyl sites for hydroxylation is 1. The standard InChI is InChI=1S/C14H20BrN5/c1-4-10(3)18-14(16)17-6-12-8-20-7-11(15)5-9(2)13(20)19-12/h5,7-8,10H,4,6H2,1-3H3,(H3,16,17,18). The van der Waals surface area contributed by atoms with Crippen LogP contribution < -0.4 is 11.1 Å². The predicted molar refractivity (Wildman–Crippen MR) is 85.8 cm³/mol. The fourth-order valence-corrected chi connectivity index (χ4v) is 2.48. The van der Waals surface area contributed by atoms with Gasteiger partial charge in [-0.1, -0.05) is 6.92 Å². The summed E-state index contributed by atoms with van der Waals surface area (Å²) >= 11 is 3.48. The Bertz CT molecular complexity index is 632. The van der Waals surface area contributed by atoms with E-state index in [1.54, 1.807) is 0 Å². The number of rotatable bonds is 4. The molecule has 0 aliphatic carbocycles. The maximum atomic E-state index is 5.84. The highest BCUT2D eigenvalue weighted by Gasteiger charge is 2.05. The molecule has 0 aliphatic rings. The van der Waals surface area contributed by atoms with E-state index in [4.69, 9.17) is 5.73 Å². The molecular weight excluding hydrogens is 318 g/mol. The van der Waals surface area contributed by atoms with E-state index in [1.807, 2.05) is 29.8 Å². The van der Waals surface area contributed by atoms with Crippen LogP contribution >= 0.6 is 15.9 Å². The van der Waals surface area contributed by atoms with Gasteiger partial charge in [0.05, 0.1) is 12.2 Å². The number of pyridine rings is 1. The van der Waals surface area contributed by atoms with Gasteiger partial charge in [-0.05, 0) is 47.8 Å². The third-order valence-corrected chi connectivity index (χ3v) is 3.60. The van der Waals surface area contributed by atoms with Gasteiger partial charge in [-0.2, -0.15) is 0 Å². The maximum Gasteiger partial charge on any atom is 0.189 e. The van der Waals surface area contributed by atoms with Crippen molar-refractivity contribution in [2.45, 2.75) is 39.8 Å². The van der Waals surface area contributed by atoms with Gasteiger partial charge in [0.2, 0.25) is 0 Å². The number of fused-ring (bicyclic) bond motifs is 1. The number of nitrogens with one attached hydrogen (secondary N) is 1. The highest BCUT2D eigenvalue weighted by Crippen LogP contribution is 2.17. The van der Waals surface area contributed by atoms with E-state index in [1.165, 1.54) is 0 Å². The van der Waals surface area contributed by atoms with Crippen LogP contribution in [-0.4, -0.2) is 21.4 Å². The number of hydrogen-bond donors (Lipinski definition) is 2. The summed E-state index contributed by atoms with van der Waals surface area (Å²) in [5.41, 5.74) is 8.82. The van der Waals surface area contributed by atoms with Gasteiger partial charge in [0.25, 0.3) is 0 Å². The van der Waals surface area contributed by atoms with E-state index in [0.29, 0.717) is 18.5 Å². The van der Waals surface area contributed by atoms with Crippen molar-refractivity contribution in [3.8, 4) is 0 Å². The monoisotopic (exact) mass is 337 g/mol. The molecule has 0 saturated heterocycles. The molecular formula is C14H20BrN5. The van der Waals surface area contributed by atoms with Crippen LogP contribution in [0.4, 0.5) is 0 Å². The molecule has 1 atom stereocenters. The first kappa shape index (κ1) is 14.8. The van der Waals surface area contributed by atoms with Gasteiger partial charge in [0.15, 0.2) is 5.96 Å². The summed E-state index contributed by atoms with van der Waals surface area (Å²) in [5, 5.41) is 3.14. The lowest BCUT2D eigenvalue weighted by Gasteiger charge is -2.11. The van der Waals surface area contributed by atoms with Crippen LogP contribution in [-0.2, 0) is 6.54 Å². The van der Waals surface area contributed by atoms with Crippen LogP contribution in [0.1, 0.15) is 31.5 Å². The number of aliphatic imine (C=N–C) groups is 1. The van der Waals surface area contributed by atoms with Crippen LogP contribution in [0.3, 0.4) is 0 Å². The Labute approximate surface area is 127 Å². The zero-order chi connectivity index (χ0) is 14.7. The van der Waals surface area contributed by atoms with Crippen molar-refractivity contribution >= 4 is 27.5 Å². The molecule has 108 valence electrons. The van der Waals surface area contributed by atoms with Crippen molar-refractivity contribution in [2.24, 2.45) is 10.7 Å². The molecule has 2 aromatic rings. The largest absolute Gasteiger partial charge is 0.370 e. The van der Waals surface area contributed by atoms with Crippen molar-refractivity contribution < 1.29 is 0 Å². The van der Waals surface area contributed by atoms with Crippen LogP contribution in [0, 0.1) is 6.92 Å². The Kier molecular flexibility index (Phi) is 4.65. The number of halogens is 1. The Morgan fingerprint density at radius 3 is 3.00 bits per heavy atom. The first-order chi connectivity index (χ1) is 9.49. The van der Waals surface area contributed by atoms with E-state index in [2.05, 4.69) is 45.1 Å². The first-order valence-corrected chi connectivity index (χ1v) is 7.49. The average molecular weight is 338 g/mol. The maximum absolute atomic E-state index is 5.84.